The summed E-state index contributed by atoms with van der Waals surface area (Å²) in [6.07, 6.45) is 7.22. The van der Waals surface area contributed by atoms with Crippen LogP contribution >= 0.6 is 0 Å². The van der Waals surface area contributed by atoms with Gasteiger partial charge in [0, 0.05) is 5.92 Å². The molecule has 1 aromatic carbocycles. The highest BCUT2D eigenvalue weighted by Gasteiger charge is 1.97. The van der Waals surface area contributed by atoms with E-state index in [2.05, 4.69) is 19.1 Å². The molecule has 1 nitrogen and oxygen atoms in total. The maximum Gasteiger partial charge on any atom is 0.00214 e. The third-order valence-corrected chi connectivity index (χ3v) is 1.79. The first-order valence-electron chi connectivity index (χ1n) is 4.27. The molecule has 1 rings (SSSR count). The van der Waals surface area contributed by atoms with Crippen LogP contribution in [-0.4, -0.2) is 0 Å². The predicted molar refractivity (Wildman–Crippen MR) is 57.0 cm³/mol. The molecule has 0 unspecified atom stereocenters. The van der Waals surface area contributed by atoms with Crippen LogP contribution in [0.5, 0.6) is 0 Å². The van der Waals surface area contributed by atoms with Gasteiger partial charge in [-0.05, 0) is 24.8 Å². The van der Waals surface area contributed by atoms with Gasteiger partial charge in [-0.1, -0.05) is 42.5 Å². The summed E-state index contributed by atoms with van der Waals surface area (Å²) in [5, 5.41) is 0. The first kappa shape index (κ1) is 9.59. The van der Waals surface area contributed by atoms with Crippen molar-refractivity contribution in [2.45, 2.75) is 5.92 Å². The van der Waals surface area contributed by atoms with Crippen LogP contribution in [0, 0.1) is 6.92 Å². The van der Waals surface area contributed by atoms with Gasteiger partial charge >= 0.3 is 0 Å². The lowest BCUT2D eigenvalue weighted by Crippen LogP contribution is -1.87. The summed E-state index contributed by atoms with van der Waals surface area (Å²) < 4.78 is 0. The van der Waals surface area contributed by atoms with Crippen molar-refractivity contribution in [3.05, 3.63) is 67.2 Å². The third kappa shape index (κ3) is 3.16. The lowest BCUT2D eigenvalue weighted by atomic mass is 10.0. The van der Waals surface area contributed by atoms with Crippen LogP contribution in [0.4, 0.5) is 0 Å². The second kappa shape index (κ2) is 5.20. The normalized spacial score (nSPS) is 13.9. The van der Waals surface area contributed by atoms with Gasteiger partial charge in [0.1, 0.15) is 0 Å². The van der Waals surface area contributed by atoms with E-state index in [0.717, 1.165) is 0 Å². The van der Waals surface area contributed by atoms with E-state index in [9.17, 15) is 0 Å². The summed E-state index contributed by atoms with van der Waals surface area (Å²) in [5.41, 5.74) is 6.41. The Morgan fingerprint density at radius 2 is 1.85 bits per heavy atom. The molecule has 0 aliphatic heterocycles. The molecule has 1 atom stereocenters. The number of hydrogen-bond acceptors (Lipinski definition) is 1. The molecule has 0 heterocycles. The van der Waals surface area contributed by atoms with Crippen LogP contribution in [0.3, 0.4) is 0 Å². The molecule has 0 saturated heterocycles. The van der Waals surface area contributed by atoms with E-state index in [0.29, 0.717) is 0 Å². The van der Waals surface area contributed by atoms with Crippen molar-refractivity contribution in [2.75, 3.05) is 0 Å². The molecular formula is C12H14N. The molecule has 0 spiro atoms. The fourth-order valence-electron chi connectivity index (χ4n) is 1.07. The predicted octanol–water partition coefficient (Wildman–Crippen LogP) is 2.63. The zero-order chi connectivity index (χ0) is 9.52. The Labute approximate surface area is 79.6 Å². The Kier molecular flexibility index (Phi) is 3.83. The summed E-state index contributed by atoms with van der Waals surface area (Å²) in [6.45, 7) is 4.02. The lowest BCUT2D eigenvalue weighted by molar-refractivity contribution is 1.08. The molecule has 13 heavy (non-hydrogen) atoms. The van der Waals surface area contributed by atoms with Crippen LogP contribution in [0.2, 0.25) is 0 Å². The van der Waals surface area contributed by atoms with Crippen molar-refractivity contribution in [1.29, 1.82) is 0 Å². The standard InChI is InChI=1S/C12H14N/c1-11(7-5-6-10-13)12-8-3-2-4-9-12/h2-11H,1,13H2/b7-5-,10-6+/t11-/m1/s1. The molecule has 0 fully saturated rings. The van der Waals surface area contributed by atoms with Crippen LogP contribution in [0.15, 0.2) is 54.8 Å². The molecule has 0 aliphatic rings. The molecule has 0 aromatic heterocycles. The Morgan fingerprint density at radius 1 is 1.15 bits per heavy atom. The Bertz CT molecular complexity index is 285. The molecule has 1 heteroatoms. The van der Waals surface area contributed by atoms with E-state index >= 15 is 0 Å². The highest BCUT2D eigenvalue weighted by atomic mass is 14.5. The van der Waals surface area contributed by atoms with Crippen molar-refractivity contribution in [3.8, 4) is 0 Å². The Hall–Kier alpha value is -1.50. The Morgan fingerprint density at radius 3 is 2.46 bits per heavy atom. The molecule has 0 bridgehead atoms. The van der Waals surface area contributed by atoms with Crippen molar-refractivity contribution in [2.24, 2.45) is 5.73 Å². The maximum atomic E-state index is 5.20. The van der Waals surface area contributed by atoms with Gasteiger partial charge in [-0.25, -0.2) is 0 Å². The van der Waals surface area contributed by atoms with E-state index in [4.69, 9.17) is 5.73 Å². The number of benzene rings is 1. The van der Waals surface area contributed by atoms with Gasteiger partial charge in [-0.2, -0.15) is 0 Å². The minimum absolute atomic E-state index is 0.192. The van der Waals surface area contributed by atoms with E-state index in [1.165, 1.54) is 11.8 Å². The van der Waals surface area contributed by atoms with Crippen LogP contribution in [0.25, 0.3) is 0 Å². The fourth-order valence-corrected chi connectivity index (χ4v) is 1.07. The second-order valence-electron chi connectivity index (χ2n) is 2.79. The number of hydrogen-bond donors (Lipinski definition) is 1. The topological polar surface area (TPSA) is 26.0 Å². The van der Waals surface area contributed by atoms with E-state index in [1.807, 2.05) is 30.4 Å². The van der Waals surface area contributed by atoms with Gasteiger partial charge in [0.05, 0.1) is 0 Å². The molecule has 2 N–H and O–H groups in total. The van der Waals surface area contributed by atoms with Gasteiger partial charge in [0.2, 0.25) is 0 Å². The molecule has 0 amide bonds. The van der Waals surface area contributed by atoms with Crippen LogP contribution < -0.4 is 5.73 Å². The summed E-state index contributed by atoms with van der Waals surface area (Å²) in [7, 11) is 0. The average molecular weight is 172 g/mol. The fraction of sp³-hybridized carbons (Fsp3) is 0.0833. The third-order valence-electron chi connectivity index (χ3n) is 1.79. The van der Waals surface area contributed by atoms with E-state index < -0.39 is 0 Å². The lowest BCUT2D eigenvalue weighted by Gasteiger charge is -2.04. The average Bonchev–Trinajstić information content (AvgIpc) is 2.19. The quantitative estimate of drug-likeness (QED) is 0.697. The van der Waals surface area contributed by atoms with E-state index in [1.54, 1.807) is 6.08 Å². The zero-order valence-corrected chi connectivity index (χ0v) is 7.56. The largest absolute Gasteiger partial charge is 0.405 e. The minimum atomic E-state index is 0.192. The highest BCUT2D eigenvalue weighted by molar-refractivity contribution is 5.25. The maximum absolute atomic E-state index is 5.20. The van der Waals surface area contributed by atoms with E-state index in [-0.39, 0.29) is 5.92 Å². The van der Waals surface area contributed by atoms with Gasteiger partial charge in [0.15, 0.2) is 0 Å². The first-order chi connectivity index (χ1) is 6.34. The summed E-state index contributed by atoms with van der Waals surface area (Å²) >= 11 is 0. The Balaban J connectivity index is 2.63. The molecule has 0 aliphatic carbocycles. The van der Waals surface area contributed by atoms with Crippen molar-refractivity contribution in [1.82, 2.24) is 0 Å². The first-order valence-corrected chi connectivity index (χ1v) is 4.27. The SMILES string of the molecule is [CH2][C@H](/C=C\C=C\N)c1ccccc1. The number of nitrogens with two attached hydrogens (primary N) is 1. The minimum Gasteiger partial charge on any atom is -0.405 e. The van der Waals surface area contributed by atoms with Gasteiger partial charge < -0.3 is 5.73 Å². The summed E-state index contributed by atoms with van der Waals surface area (Å²) in [4.78, 5) is 0. The molecule has 67 valence electrons. The summed E-state index contributed by atoms with van der Waals surface area (Å²) in [5.74, 6) is 0.192. The number of rotatable bonds is 3. The highest BCUT2D eigenvalue weighted by Crippen LogP contribution is 2.14. The molecule has 1 aromatic rings. The molecular weight excluding hydrogens is 158 g/mol. The zero-order valence-electron chi connectivity index (χ0n) is 7.56. The van der Waals surface area contributed by atoms with Gasteiger partial charge in [-0.15, -0.1) is 0 Å². The molecule has 1 radical (unpaired) electrons. The van der Waals surface area contributed by atoms with Crippen LogP contribution in [0.1, 0.15) is 11.5 Å². The van der Waals surface area contributed by atoms with Gasteiger partial charge in [0.25, 0.3) is 0 Å². The number of allylic oxidation sites excluding steroid dienone is 3. The van der Waals surface area contributed by atoms with Crippen molar-refractivity contribution >= 4 is 0 Å². The van der Waals surface area contributed by atoms with Crippen molar-refractivity contribution in [3.63, 3.8) is 0 Å². The van der Waals surface area contributed by atoms with Crippen LogP contribution in [-0.2, 0) is 0 Å². The van der Waals surface area contributed by atoms with Crippen molar-refractivity contribution < 1.29 is 0 Å². The smallest absolute Gasteiger partial charge is 0.00214 e. The monoisotopic (exact) mass is 172 g/mol. The summed E-state index contributed by atoms with van der Waals surface area (Å²) in [6, 6.07) is 10.2. The van der Waals surface area contributed by atoms with Gasteiger partial charge in [-0.3, -0.25) is 0 Å². The molecule has 0 saturated carbocycles. The second-order valence-corrected chi connectivity index (χ2v) is 2.79.